The molecule has 0 bridgehead atoms. The van der Waals surface area contributed by atoms with Gasteiger partial charge in [0.1, 0.15) is 10.6 Å². The molecular formula is C15H14BrNO5S. The Morgan fingerprint density at radius 2 is 1.83 bits per heavy atom. The molecule has 2 rings (SSSR count). The highest BCUT2D eigenvalue weighted by atomic mass is 79.9. The first-order chi connectivity index (χ1) is 10.7. The first kappa shape index (κ1) is 17.3. The van der Waals surface area contributed by atoms with E-state index in [9.17, 15) is 13.2 Å². The molecule has 0 aliphatic rings. The van der Waals surface area contributed by atoms with Gasteiger partial charge in [-0.3, -0.25) is 4.79 Å². The molecule has 2 aromatic carbocycles. The molecule has 6 nitrogen and oxygen atoms in total. The van der Waals surface area contributed by atoms with E-state index in [1.54, 1.807) is 13.0 Å². The van der Waals surface area contributed by atoms with Crippen LogP contribution < -0.4 is 14.7 Å². The third-order valence-electron chi connectivity index (χ3n) is 3.01. The molecule has 0 fully saturated rings. The molecule has 2 N–H and O–H groups in total. The molecule has 23 heavy (non-hydrogen) atoms. The lowest BCUT2D eigenvalue weighted by Crippen LogP contribution is -2.16. The van der Waals surface area contributed by atoms with Crippen LogP contribution in [0.1, 0.15) is 15.9 Å². The average molecular weight is 400 g/mol. The maximum Gasteiger partial charge on any atom is 0.339 e. The summed E-state index contributed by atoms with van der Waals surface area (Å²) in [6.45, 7) is 1.74. The molecule has 0 heterocycles. The van der Waals surface area contributed by atoms with Gasteiger partial charge >= 0.3 is 10.1 Å². The van der Waals surface area contributed by atoms with Gasteiger partial charge in [-0.1, -0.05) is 6.07 Å². The van der Waals surface area contributed by atoms with Crippen molar-refractivity contribution in [3.63, 3.8) is 0 Å². The van der Waals surface area contributed by atoms with Crippen molar-refractivity contribution < 1.29 is 22.1 Å². The first-order valence-corrected chi connectivity index (χ1v) is 8.63. The second-order valence-corrected chi connectivity index (χ2v) is 7.10. The molecule has 0 aromatic heterocycles. The molecule has 0 aliphatic heterocycles. The molecule has 0 aliphatic carbocycles. The minimum atomic E-state index is -4.13. The monoisotopic (exact) mass is 399 g/mol. The largest absolute Gasteiger partial charge is 0.496 e. The van der Waals surface area contributed by atoms with Gasteiger partial charge in [0.15, 0.2) is 5.75 Å². The third-order valence-corrected chi connectivity index (χ3v) is 4.86. The first-order valence-electron chi connectivity index (χ1n) is 6.43. The Kier molecular flexibility index (Phi) is 4.96. The fourth-order valence-corrected chi connectivity index (χ4v) is 3.53. The van der Waals surface area contributed by atoms with E-state index in [4.69, 9.17) is 14.7 Å². The second kappa shape index (κ2) is 6.59. The molecule has 0 spiro atoms. The Bertz CT molecular complexity index is 864. The minimum absolute atomic E-state index is 0.00764. The predicted molar refractivity (Wildman–Crippen MR) is 88.2 cm³/mol. The zero-order valence-electron chi connectivity index (χ0n) is 12.4. The molecule has 2 aromatic rings. The number of halogens is 1. The van der Waals surface area contributed by atoms with Gasteiger partial charge < -0.3 is 14.7 Å². The molecule has 1 amide bonds. The van der Waals surface area contributed by atoms with E-state index in [1.807, 2.05) is 0 Å². The highest BCUT2D eigenvalue weighted by Crippen LogP contribution is 2.30. The number of hydrogen-bond acceptors (Lipinski definition) is 5. The second-order valence-electron chi connectivity index (χ2n) is 4.70. The van der Waals surface area contributed by atoms with E-state index in [0.29, 0.717) is 10.2 Å². The van der Waals surface area contributed by atoms with Crippen LogP contribution in [0.4, 0.5) is 0 Å². The lowest BCUT2D eigenvalue weighted by Gasteiger charge is -2.11. The van der Waals surface area contributed by atoms with Gasteiger partial charge in [-0.15, -0.1) is 0 Å². The van der Waals surface area contributed by atoms with E-state index in [0.717, 1.165) is 5.56 Å². The quantitative estimate of drug-likeness (QED) is 0.779. The number of aryl methyl sites for hydroxylation is 1. The molecule has 0 saturated carbocycles. The molecule has 122 valence electrons. The average Bonchev–Trinajstić information content (AvgIpc) is 2.46. The van der Waals surface area contributed by atoms with Crippen molar-refractivity contribution in [2.24, 2.45) is 5.73 Å². The van der Waals surface area contributed by atoms with Crippen LogP contribution in [-0.2, 0) is 10.1 Å². The summed E-state index contributed by atoms with van der Waals surface area (Å²) in [6.07, 6.45) is 0. The summed E-state index contributed by atoms with van der Waals surface area (Å²) in [5.41, 5.74) is 5.97. The smallest absolute Gasteiger partial charge is 0.339 e. The maximum absolute atomic E-state index is 12.4. The summed E-state index contributed by atoms with van der Waals surface area (Å²) in [5, 5.41) is 0. The van der Waals surface area contributed by atoms with Crippen LogP contribution in [0.3, 0.4) is 0 Å². The van der Waals surface area contributed by atoms with E-state index in [1.165, 1.54) is 37.4 Å². The number of benzene rings is 2. The van der Waals surface area contributed by atoms with Crippen LogP contribution >= 0.6 is 15.9 Å². The Morgan fingerprint density at radius 3 is 2.39 bits per heavy atom. The Morgan fingerprint density at radius 1 is 1.13 bits per heavy atom. The fraction of sp³-hybridized carbons (Fsp3) is 0.133. The van der Waals surface area contributed by atoms with Crippen LogP contribution in [-0.4, -0.2) is 21.4 Å². The van der Waals surface area contributed by atoms with Crippen LogP contribution in [0.15, 0.2) is 45.8 Å². The van der Waals surface area contributed by atoms with Gasteiger partial charge in [-0.25, -0.2) is 0 Å². The molecule has 8 heteroatoms. The molecule has 0 unspecified atom stereocenters. The van der Waals surface area contributed by atoms with Crippen molar-refractivity contribution in [1.29, 1.82) is 0 Å². The number of rotatable bonds is 5. The summed E-state index contributed by atoms with van der Waals surface area (Å²) in [4.78, 5) is 11.3. The van der Waals surface area contributed by atoms with Crippen molar-refractivity contribution in [1.82, 2.24) is 0 Å². The number of carbonyl (C=O) groups excluding carboxylic acids is 1. The highest BCUT2D eigenvalue weighted by molar-refractivity contribution is 9.10. The van der Waals surface area contributed by atoms with Crippen LogP contribution in [0, 0.1) is 6.92 Å². The van der Waals surface area contributed by atoms with Gasteiger partial charge in [0, 0.05) is 0 Å². The summed E-state index contributed by atoms with van der Waals surface area (Å²) in [5.74, 6) is -0.395. The maximum atomic E-state index is 12.4. The number of carbonyl (C=O) groups is 1. The molecule has 0 atom stereocenters. The zero-order chi connectivity index (χ0) is 17.2. The van der Waals surface area contributed by atoms with Crippen LogP contribution in [0.2, 0.25) is 0 Å². The van der Waals surface area contributed by atoms with Gasteiger partial charge in [0.05, 0.1) is 17.1 Å². The summed E-state index contributed by atoms with van der Waals surface area (Å²) in [7, 11) is -2.66. The summed E-state index contributed by atoms with van der Waals surface area (Å²) >= 11 is 3.22. The van der Waals surface area contributed by atoms with E-state index >= 15 is 0 Å². The van der Waals surface area contributed by atoms with Crippen molar-refractivity contribution in [3.05, 3.63) is 52.0 Å². The van der Waals surface area contributed by atoms with Gasteiger partial charge in [-0.05, 0) is 58.7 Å². The number of hydrogen-bond donors (Lipinski definition) is 1. The Balaban J connectivity index is 2.45. The van der Waals surface area contributed by atoms with Crippen molar-refractivity contribution in [3.8, 4) is 11.5 Å². The van der Waals surface area contributed by atoms with Crippen molar-refractivity contribution >= 4 is 32.0 Å². The SMILES string of the molecule is COc1ccc(S(=O)(=O)Oc2cc(C)ccc2C(N)=O)cc1Br. The van der Waals surface area contributed by atoms with E-state index in [-0.39, 0.29) is 16.2 Å². The third kappa shape index (κ3) is 3.83. The van der Waals surface area contributed by atoms with Crippen molar-refractivity contribution in [2.75, 3.05) is 7.11 Å². The molecule has 0 saturated heterocycles. The molecule has 0 radical (unpaired) electrons. The number of nitrogens with two attached hydrogens (primary N) is 1. The van der Waals surface area contributed by atoms with Gasteiger partial charge in [0.25, 0.3) is 5.91 Å². The number of amides is 1. The highest BCUT2D eigenvalue weighted by Gasteiger charge is 2.21. The lowest BCUT2D eigenvalue weighted by molar-refractivity contribution is 0.0999. The fourth-order valence-electron chi connectivity index (χ4n) is 1.87. The zero-order valence-corrected chi connectivity index (χ0v) is 14.8. The molecular weight excluding hydrogens is 386 g/mol. The summed E-state index contributed by atoms with van der Waals surface area (Å²) < 4.78 is 35.4. The van der Waals surface area contributed by atoms with Gasteiger partial charge in [-0.2, -0.15) is 8.42 Å². The van der Waals surface area contributed by atoms with Crippen molar-refractivity contribution in [2.45, 2.75) is 11.8 Å². The summed E-state index contributed by atoms with van der Waals surface area (Å²) in [6, 6.07) is 8.70. The van der Waals surface area contributed by atoms with Crippen LogP contribution in [0.5, 0.6) is 11.5 Å². The van der Waals surface area contributed by atoms with Gasteiger partial charge in [0.2, 0.25) is 0 Å². The van der Waals surface area contributed by atoms with E-state index in [2.05, 4.69) is 15.9 Å². The topological polar surface area (TPSA) is 95.7 Å². The minimum Gasteiger partial charge on any atom is -0.496 e. The normalized spacial score (nSPS) is 11.1. The van der Waals surface area contributed by atoms with E-state index < -0.39 is 16.0 Å². The number of methoxy groups -OCH3 is 1. The van der Waals surface area contributed by atoms with Crippen LogP contribution in [0.25, 0.3) is 0 Å². The number of ether oxygens (including phenoxy) is 1. The number of primary amides is 1. The Hall–Kier alpha value is -2.06. The predicted octanol–water partition coefficient (Wildman–Crippen LogP) is 2.63. The Labute approximate surface area is 142 Å². The lowest BCUT2D eigenvalue weighted by atomic mass is 10.1. The standard InChI is InChI=1S/C15H14BrNO5S/c1-9-3-5-11(15(17)18)14(7-9)22-23(19,20)10-4-6-13(21-2)12(16)8-10/h3-8H,1-2H3,(H2,17,18).